The smallest absolute Gasteiger partial charge is 0.103 e. The first-order chi connectivity index (χ1) is 9.31. The van der Waals surface area contributed by atoms with Crippen molar-refractivity contribution in [2.75, 3.05) is 11.9 Å². The maximum absolute atomic E-state index is 9.35. The molecule has 0 N–H and O–H groups in total. The average Bonchev–Trinajstić information content (AvgIpc) is 2.99. The minimum atomic E-state index is 0.554. The van der Waals surface area contributed by atoms with Crippen LogP contribution in [0.4, 0.5) is 5.69 Å². The fraction of sp³-hybridized carbons (Fsp3) is 0.375. The molecule has 3 heteroatoms. The number of benzene rings is 1. The molecule has 3 nitrogen and oxygen atoms in total. The van der Waals surface area contributed by atoms with Gasteiger partial charge in [0.1, 0.15) is 6.07 Å². The molecule has 1 aromatic heterocycles. The van der Waals surface area contributed by atoms with Gasteiger partial charge in [0.25, 0.3) is 0 Å². The number of aromatic nitrogens is 1. The molecule has 0 radical (unpaired) electrons. The van der Waals surface area contributed by atoms with Crippen molar-refractivity contribution < 1.29 is 0 Å². The molecule has 1 aliphatic carbocycles. The van der Waals surface area contributed by atoms with Crippen LogP contribution in [-0.4, -0.2) is 18.1 Å². The van der Waals surface area contributed by atoms with Gasteiger partial charge in [0.05, 0.1) is 16.8 Å². The molecule has 0 saturated heterocycles. The second kappa shape index (κ2) is 4.89. The zero-order valence-corrected chi connectivity index (χ0v) is 11.1. The van der Waals surface area contributed by atoms with Crippen molar-refractivity contribution in [3.63, 3.8) is 0 Å². The summed E-state index contributed by atoms with van der Waals surface area (Å²) in [5.41, 5.74) is 2.68. The van der Waals surface area contributed by atoms with E-state index < -0.39 is 0 Å². The van der Waals surface area contributed by atoms with Crippen molar-refractivity contribution in [2.45, 2.75) is 31.7 Å². The standard InChI is InChI=1S/C16H17N3/c1-19(13-6-2-3-7-13)16-12(10-17)11-18-15-9-5-4-8-14(15)16/h4-5,8-9,11,13H,2-3,6-7H2,1H3. The summed E-state index contributed by atoms with van der Waals surface area (Å²) in [6.45, 7) is 0. The zero-order chi connectivity index (χ0) is 13.2. The van der Waals surface area contributed by atoms with Gasteiger partial charge in [0.2, 0.25) is 0 Å². The highest BCUT2D eigenvalue weighted by molar-refractivity contribution is 5.94. The van der Waals surface area contributed by atoms with Crippen LogP contribution in [0.1, 0.15) is 31.2 Å². The normalized spacial score (nSPS) is 15.6. The quantitative estimate of drug-likeness (QED) is 0.820. The number of anilines is 1. The second-order valence-corrected chi connectivity index (χ2v) is 5.20. The third-order valence-electron chi connectivity index (χ3n) is 4.09. The number of hydrogen-bond acceptors (Lipinski definition) is 3. The van der Waals surface area contributed by atoms with Crippen LogP contribution in [0.15, 0.2) is 30.5 Å². The van der Waals surface area contributed by atoms with Gasteiger partial charge in [0, 0.05) is 24.7 Å². The molecule has 2 aromatic rings. The summed E-state index contributed by atoms with van der Waals surface area (Å²) < 4.78 is 0. The molecule has 1 aliphatic rings. The number of nitriles is 1. The predicted molar refractivity (Wildman–Crippen MR) is 77.1 cm³/mol. The summed E-state index contributed by atoms with van der Waals surface area (Å²) >= 11 is 0. The van der Waals surface area contributed by atoms with Gasteiger partial charge in [-0.15, -0.1) is 0 Å². The Balaban J connectivity index is 2.16. The summed E-state index contributed by atoms with van der Waals surface area (Å²) in [6.07, 6.45) is 6.72. The molecule has 1 fully saturated rings. The summed E-state index contributed by atoms with van der Waals surface area (Å²) in [5.74, 6) is 0. The van der Waals surface area contributed by atoms with Crippen molar-refractivity contribution >= 4 is 16.6 Å². The fourth-order valence-corrected chi connectivity index (χ4v) is 3.06. The van der Waals surface area contributed by atoms with Crippen molar-refractivity contribution in [3.05, 3.63) is 36.0 Å². The van der Waals surface area contributed by atoms with E-state index in [0.717, 1.165) is 16.6 Å². The Morgan fingerprint density at radius 1 is 1.26 bits per heavy atom. The molecular formula is C16H17N3. The minimum absolute atomic E-state index is 0.554. The molecule has 0 spiro atoms. The molecule has 1 heterocycles. The molecule has 0 unspecified atom stereocenters. The van der Waals surface area contributed by atoms with Gasteiger partial charge < -0.3 is 4.90 Å². The first-order valence-electron chi connectivity index (χ1n) is 6.82. The molecule has 0 amide bonds. The van der Waals surface area contributed by atoms with Gasteiger partial charge in [-0.2, -0.15) is 5.26 Å². The number of pyridine rings is 1. The van der Waals surface area contributed by atoms with Crippen LogP contribution in [0.3, 0.4) is 0 Å². The van der Waals surface area contributed by atoms with E-state index in [1.807, 2.05) is 18.2 Å². The lowest BCUT2D eigenvalue weighted by atomic mass is 10.1. The predicted octanol–water partition coefficient (Wildman–Crippen LogP) is 3.49. The van der Waals surface area contributed by atoms with E-state index in [4.69, 9.17) is 0 Å². The first kappa shape index (κ1) is 12.0. The Morgan fingerprint density at radius 3 is 2.74 bits per heavy atom. The van der Waals surface area contributed by atoms with E-state index >= 15 is 0 Å². The fourth-order valence-electron chi connectivity index (χ4n) is 3.06. The number of para-hydroxylation sites is 1. The number of rotatable bonds is 2. The van der Waals surface area contributed by atoms with Crippen LogP contribution >= 0.6 is 0 Å². The molecule has 19 heavy (non-hydrogen) atoms. The second-order valence-electron chi connectivity index (χ2n) is 5.20. The Labute approximate surface area is 113 Å². The van der Waals surface area contributed by atoms with Gasteiger partial charge in [-0.25, -0.2) is 0 Å². The SMILES string of the molecule is CN(c1c(C#N)cnc2ccccc12)C1CCCC1. The maximum atomic E-state index is 9.35. The Kier molecular flexibility index (Phi) is 3.08. The summed E-state index contributed by atoms with van der Waals surface area (Å²) in [5, 5.41) is 10.4. The van der Waals surface area contributed by atoms with Crippen molar-refractivity contribution in [2.24, 2.45) is 0 Å². The van der Waals surface area contributed by atoms with Crippen LogP contribution in [0.2, 0.25) is 0 Å². The van der Waals surface area contributed by atoms with Gasteiger partial charge in [-0.3, -0.25) is 4.98 Å². The van der Waals surface area contributed by atoms with E-state index in [-0.39, 0.29) is 0 Å². The van der Waals surface area contributed by atoms with Crippen LogP contribution in [-0.2, 0) is 0 Å². The third-order valence-corrected chi connectivity index (χ3v) is 4.09. The zero-order valence-electron chi connectivity index (χ0n) is 11.1. The average molecular weight is 251 g/mol. The van der Waals surface area contributed by atoms with Crippen LogP contribution in [0, 0.1) is 11.3 Å². The molecule has 96 valence electrons. The Hall–Kier alpha value is -2.08. The third kappa shape index (κ3) is 2.04. The molecule has 0 bridgehead atoms. The first-order valence-corrected chi connectivity index (χ1v) is 6.82. The highest BCUT2D eigenvalue weighted by Crippen LogP contribution is 2.33. The van der Waals surface area contributed by atoms with Gasteiger partial charge in [-0.05, 0) is 18.9 Å². The van der Waals surface area contributed by atoms with E-state index in [0.29, 0.717) is 11.6 Å². The van der Waals surface area contributed by atoms with E-state index in [1.165, 1.54) is 25.7 Å². The van der Waals surface area contributed by atoms with E-state index in [2.05, 4.69) is 29.1 Å². The summed E-state index contributed by atoms with van der Waals surface area (Å²) in [6, 6.07) is 10.9. The van der Waals surface area contributed by atoms with E-state index in [1.54, 1.807) is 6.20 Å². The topological polar surface area (TPSA) is 39.9 Å². The summed E-state index contributed by atoms with van der Waals surface area (Å²) in [4.78, 5) is 6.66. The molecule has 0 aliphatic heterocycles. The molecule has 1 aromatic carbocycles. The Morgan fingerprint density at radius 2 is 2.00 bits per heavy atom. The van der Waals surface area contributed by atoms with E-state index in [9.17, 15) is 5.26 Å². The van der Waals surface area contributed by atoms with Gasteiger partial charge in [-0.1, -0.05) is 31.0 Å². The molecule has 0 atom stereocenters. The highest BCUT2D eigenvalue weighted by Gasteiger charge is 2.23. The van der Waals surface area contributed by atoms with Crippen LogP contribution < -0.4 is 4.90 Å². The van der Waals surface area contributed by atoms with Gasteiger partial charge in [0.15, 0.2) is 0 Å². The largest absolute Gasteiger partial charge is 0.370 e. The van der Waals surface area contributed by atoms with Crippen molar-refractivity contribution in [1.29, 1.82) is 5.26 Å². The monoisotopic (exact) mass is 251 g/mol. The van der Waals surface area contributed by atoms with Crippen molar-refractivity contribution in [1.82, 2.24) is 4.98 Å². The highest BCUT2D eigenvalue weighted by atomic mass is 15.1. The van der Waals surface area contributed by atoms with Gasteiger partial charge >= 0.3 is 0 Å². The number of fused-ring (bicyclic) bond motifs is 1. The summed E-state index contributed by atoms with van der Waals surface area (Å²) in [7, 11) is 2.11. The number of hydrogen-bond donors (Lipinski definition) is 0. The van der Waals surface area contributed by atoms with Crippen molar-refractivity contribution in [3.8, 4) is 6.07 Å². The Bertz CT molecular complexity index is 636. The molecule has 1 saturated carbocycles. The van der Waals surface area contributed by atoms with Crippen LogP contribution in [0.5, 0.6) is 0 Å². The lowest BCUT2D eigenvalue weighted by molar-refractivity contribution is 0.654. The minimum Gasteiger partial charge on any atom is -0.370 e. The maximum Gasteiger partial charge on any atom is 0.103 e. The van der Waals surface area contributed by atoms with Crippen LogP contribution in [0.25, 0.3) is 10.9 Å². The molecule has 3 rings (SSSR count). The number of nitrogens with zero attached hydrogens (tertiary/aromatic N) is 3. The lowest BCUT2D eigenvalue weighted by Gasteiger charge is -2.28. The molecular weight excluding hydrogens is 234 g/mol. The lowest BCUT2D eigenvalue weighted by Crippen LogP contribution is -2.29.